The maximum absolute atomic E-state index is 12.4. The summed E-state index contributed by atoms with van der Waals surface area (Å²) in [6, 6.07) is 8.32. The van der Waals surface area contributed by atoms with Crippen molar-refractivity contribution in [2.24, 2.45) is 0 Å². The van der Waals surface area contributed by atoms with Gasteiger partial charge in [-0.2, -0.15) is 0 Å². The maximum atomic E-state index is 12.4. The Kier molecular flexibility index (Phi) is 5.99. The minimum absolute atomic E-state index is 0.0441. The van der Waals surface area contributed by atoms with Crippen LogP contribution >= 0.6 is 0 Å². The lowest BCUT2D eigenvalue weighted by Crippen LogP contribution is -2.38. The lowest BCUT2D eigenvalue weighted by atomic mass is 10.1. The number of hydrogen-bond donors (Lipinski definition) is 1. The Bertz CT molecular complexity index is 963. The molecule has 0 saturated carbocycles. The molecule has 1 aromatic carbocycles. The predicted molar refractivity (Wildman–Crippen MR) is 102 cm³/mol. The number of amides is 1. The van der Waals surface area contributed by atoms with Gasteiger partial charge in [-0.25, -0.2) is 9.59 Å². The second-order valence-corrected chi connectivity index (χ2v) is 6.15. The quantitative estimate of drug-likeness (QED) is 0.762. The fourth-order valence-electron chi connectivity index (χ4n) is 2.89. The number of nitrogens with zero attached hydrogens (tertiary/aromatic N) is 1. The lowest BCUT2D eigenvalue weighted by molar-refractivity contribution is -0.140. The third-order valence-electron chi connectivity index (χ3n) is 4.35. The molecule has 0 radical (unpaired) electrons. The van der Waals surface area contributed by atoms with E-state index in [1.54, 1.807) is 37.3 Å². The summed E-state index contributed by atoms with van der Waals surface area (Å²) in [5.74, 6) is -1.54. The number of carbonyl (C=O) groups is 3. The molecule has 1 aromatic heterocycles. The minimum atomic E-state index is -0.679. The van der Waals surface area contributed by atoms with Crippen LogP contribution in [0.2, 0.25) is 0 Å². The summed E-state index contributed by atoms with van der Waals surface area (Å²) in [6.07, 6.45) is 1.42. The van der Waals surface area contributed by atoms with Crippen LogP contribution in [0.25, 0.3) is 0 Å². The second-order valence-electron chi connectivity index (χ2n) is 6.15. The van der Waals surface area contributed by atoms with Crippen LogP contribution in [0, 0.1) is 6.92 Å². The normalized spacial score (nSPS) is 13.8. The van der Waals surface area contributed by atoms with Gasteiger partial charge < -0.3 is 28.8 Å². The van der Waals surface area contributed by atoms with Crippen molar-refractivity contribution in [2.45, 2.75) is 6.92 Å². The number of ether oxygens (including phenoxy) is 3. The van der Waals surface area contributed by atoms with Crippen molar-refractivity contribution < 1.29 is 33.0 Å². The van der Waals surface area contributed by atoms with E-state index in [1.807, 2.05) is 0 Å². The summed E-state index contributed by atoms with van der Waals surface area (Å²) in [7, 11) is 2.46. The summed E-state index contributed by atoms with van der Waals surface area (Å²) in [4.78, 5) is 38.1. The number of rotatable bonds is 5. The topological polar surface area (TPSA) is 107 Å². The molecule has 9 heteroatoms. The van der Waals surface area contributed by atoms with Gasteiger partial charge in [0.05, 0.1) is 32.7 Å². The number of methoxy groups -OCH3 is 2. The number of benzene rings is 1. The Hall–Kier alpha value is -3.59. The molecule has 0 atom stereocenters. The molecule has 2 aromatic rings. The minimum Gasteiger partial charge on any atom is -0.466 e. The van der Waals surface area contributed by atoms with Crippen LogP contribution in [0.4, 0.5) is 11.4 Å². The number of esters is 2. The van der Waals surface area contributed by atoms with Crippen molar-refractivity contribution >= 4 is 29.2 Å². The molecule has 1 amide bonds. The SMILES string of the molecule is COC(=O)C1=C(C(=O)OC)N(c2ccc(NC(=O)c3ccco3)c(C)c2)COC1. The number of anilines is 2. The van der Waals surface area contributed by atoms with E-state index < -0.39 is 11.9 Å². The van der Waals surface area contributed by atoms with Crippen LogP contribution in [0.1, 0.15) is 16.1 Å². The van der Waals surface area contributed by atoms with Crippen molar-refractivity contribution in [2.75, 3.05) is 37.8 Å². The van der Waals surface area contributed by atoms with Crippen molar-refractivity contribution in [1.29, 1.82) is 0 Å². The lowest BCUT2D eigenvalue weighted by Gasteiger charge is -2.31. The van der Waals surface area contributed by atoms with Gasteiger partial charge in [-0.1, -0.05) is 0 Å². The molecule has 0 saturated heterocycles. The number of nitrogens with one attached hydrogen (secondary N) is 1. The first-order chi connectivity index (χ1) is 14.0. The third-order valence-corrected chi connectivity index (χ3v) is 4.35. The predicted octanol–water partition coefficient (Wildman–Crippen LogP) is 2.23. The summed E-state index contributed by atoms with van der Waals surface area (Å²) in [5, 5.41) is 2.76. The highest BCUT2D eigenvalue weighted by atomic mass is 16.5. The summed E-state index contributed by atoms with van der Waals surface area (Å²) < 4.78 is 20.1. The van der Waals surface area contributed by atoms with Crippen LogP contribution in [0.5, 0.6) is 0 Å². The van der Waals surface area contributed by atoms with Gasteiger partial charge in [0.2, 0.25) is 0 Å². The first-order valence-electron chi connectivity index (χ1n) is 8.66. The molecule has 0 fully saturated rings. The van der Waals surface area contributed by atoms with E-state index in [4.69, 9.17) is 18.6 Å². The molecule has 1 aliphatic rings. The smallest absolute Gasteiger partial charge is 0.355 e. The summed E-state index contributed by atoms with van der Waals surface area (Å²) in [5.41, 5.74) is 2.01. The molecule has 0 bridgehead atoms. The van der Waals surface area contributed by atoms with Crippen molar-refractivity contribution in [3.8, 4) is 0 Å². The van der Waals surface area contributed by atoms with E-state index in [9.17, 15) is 14.4 Å². The zero-order chi connectivity index (χ0) is 21.0. The third kappa shape index (κ3) is 4.14. The Labute approximate surface area is 166 Å². The largest absolute Gasteiger partial charge is 0.466 e. The maximum Gasteiger partial charge on any atom is 0.355 e. The van der Waals surface area contributed by atoms with Crippen LogP contribution < -0.4 is 10.2 Å². The molecular weight excluding hydrogens is 380 g/mol. The van der Waals surface area contributed by atoms with E-state index in [2.05, 4.69) is 5.32 Å². The van der Waals surface area contributed by atoms with Gasteiger partial charge in [0.1, 0.15) is 12.4 Å². The Morgan fingerprint density at radius 3 is 2.48 bits per heavy atom. The van der Waals surface area contributed by atoms with Gasteiger partial charge in [0, 0.05) is 11.4 Å². The summed E-state index contributed by atoms with van der Waals surface area (Å²) in [6.45, 7) is 1.78. The van der Waals surface area contributed by atoms with Gasteiger partial charge in [-0.15, -0.1) is 0 Å². The summed E-state index contributed by atoms with van der Waals surface area (Å²) >= 11 is 0. The molecule has 1 aliphatic heterocycles. The Morgan fingerprint density at radius 1 is 1.10 bits per heavy atom. The molecule has 1 N–H and O–H groups in total. The fraction of sp³-hybridized carbons (Fsp3) is 0.250. The highest BCUT2D eigenvalue weighted by Gasteiger charge is 2.32. The molecule has 0 spiro atoms. The van der Waals surface area contributed by atoms with Gasteiger partial charge in [0.15, 0.2) is 5.76 Å². The van der Waals surface area contributed by atoms with E-state index in [-0.39, 0.29) is 36.3 Å². The first-order valence-corrected chi connectivity index (χ1v) is 8.66. The van der Waals surface area contributed by atoms with Gasteiger partial charge in [-0.3, -0.25) is 4.79 Å². The van der Waals surface area contributed by atoms with Crippen molar-refractivity contribution in [3.63, 3.8) is 0 Å². The van der Waals surface area contributed by atoms with Gasteiger partial charge in [0.25, 0.3) is 5.91 Å². The Morgan fingerprint density at radius 2 is 1.86 bits per heavy atom. The zero-order valence-corrected chi connectivity index (χ0v) is 16.2. The van der Waals surface area contributed by atoms with Crippen LogP contribution in [-0.4, -0.2) is 45.4 Å². The number of hydrogen-bond acceptors (Lipinski definition) is 8. The second kappa shape index (κ2) is 8.61. The van der Waals surface area contributed by atoms with E-state index >= 15 is 0 Å². The van der Waals surface area contributed by atoms with E-state index in [0.717, 1.165) is 5.56 Å². The monoisotopic (exact) mass is 400 g/mol. The first kappa shape index (κ1) is 20.2. The molecule has 0 aliphatic carbocycles. The molecule has 2 heterocycles. The molecule has 3 rings (SSSR count). The standard InChI is InChI=1S/C20H20N2O7/c1-12-9-13(6-7-15(12)21-18(23)16-5-4-8-29-16)22-11-28-10-14(19(24)26-2)17(22)20(25)27-3/h4-9H,10-11H2,1-3H3,(H,21,23). The highest BCUT2D eigenvalue weighted by molar-refractivity contribution is 6.04. The van der Waals surface area contributed by atoms with Crippen LogP contribution in [-0.2, 0) is 23.8 Å². The Balaban J connectivity index is 1.92. The molecule has 9 nitrogen and oxygen atoms in total. The van der Waals surface area contributed by atoms with Crippen LogP contribution in [0.3, 0.4) is 0 Å². The molecule has 0 unspecified atom stereocenters. The van der Waals surface area contributed by atoms with E-state index in [0.29, 0.717) is 11.4 Å². The molecule has 152 valence electrons. The molecule has 29 heavy (non-hydrogen) atoms. The van der Waals surface area contributed by atoms with Crippen molar-refractivity contribution in [1.82, 2.24) is 0 Å². The number of aryl methyl sites for hydroxylation is 1. The van der Waals surface area contributed by atoms with Crippen molar-refractivity contribution in [3.05, 3.63) is 59.2 Å². The van der Waals surface area contributed by atoms with Crippen LogP contribution in [0.15, 0.2) is 52.3 Å². The zero-order valence-electron chi connectivity index (χ0n) is 16.2. The van der Waals surface area contributed by atoms with E-state index in [1.165, 1.54) is 25.4 Å². The fourth-order valence-corrected chi connectivity index (χ4v) is 2.89. The molecular formula is C20H20N2O7. The highest BCUT2D eigenvalue weighted by Crippen LogP contribution is 2.29. The number of carbonyl (C=O) groups excluding carboxylic acids is 3. The average molecular weight is 400 g/mol. The van der Waals surface area contributed by atoms with Gasteiger partial charge in [-0.05, 0) is 42.8 Å². The average Bonchev–Trinajstić information content (AvgIpc) is 3.28. The number of furan rings is 1. The van der Waals surface area contributed by atoms with Gasteiger partial charge >= 0.3 is 11.9 Å².